The molecule has 2 N–H and O–H groups in total. The number of carboxylic acids is 1. The maximum absolute atomic E-state index is 11.0. The van der Waals surface area contributed by atoms with Gasteiger partial charge in [0.25, 0.3) is 0 Å². The summed E-state index contributed by atoms with van der Waals surface area (Å²) >= 11 is 1.17. The van der Waals surface area contributed by atoms with Crippen molar-refractivity contribution in [3.63, 3.8) is 0 Å². The summed E-state index contributed by atoms with van der Waals surface area (Å²) in [6, 6.07) is 0. The molecule has 1 aromatic heterocycles. The smallest absolute Gasteiger partial charge is 0.340 e. The Morgan fingerprint density at radius 3 is 2.88 bits per heavy atom. The molecular formula is C11H18N2O3S. The van der Waals surface area contributed by atoms with E-state index in [-0.39, 0.29) is 5.56 Å². The topological polar surface area (TPSA) is 71.5 Å². The van der Waals surface area contributed by atoms with Crippen molar-refractivity contribution in [1.29, 1.82) is 0 Å². The van der Waals surface area contributed by atoms with E-state index >= 15 is 0 Å². The van der Waals surface area contributed by atoms with Gasteiger partial charge in [-0.05, 0) is 24.4 Å². The van der Waals surface area contributed by atoms with Crippen LogP contribution in [0.25, 0.3) is 0 Å². The minimum absolute atomic E-state index is 0.263. The molecule has 0 radical (unpaired) electrons. The summed E-state index contributed by atoms with van der Waals surface area (Å²) in [5, 5.41) is 12.6. The van der Waals surface area contributed by atoms with Crippen molar-refractivity contribution in [2.45, 2.75) is 20.8 Å². The molecule has 6 heteroatoms. The zero-order valence-corrected chi connectivity index (χ0v) is 11.1. The summed E-state index contributed by atoms with van der Waals surface area (Å²) in [6.45, 7) is 7.74. The number of ether oxygens (including phenoxy) is 1. The lowest BCUT2D eigenvalue weighted by Gasteiger charge is -2.08. The molecule has 0 fully saturated rings. The third kappa shape index (κ3) is 4.32. The van der Waals surface area contributed by atoms with Crippen LogP contribution in [0.2, 0.25) is 0 Å². The molecule has 0 unspecified atom stereocenters. The van der Waals surface area contributed by atoms with Crippen molar-refractivity contribution < 1.29 is 14.6 Å². The van der Waals surface area contributed by atoms with Crippen LogP contribution < -0.4 is 5.32 Å². The summed E-state index contributed by atoms with van der Waals surface area (Å²) in [7, 11) is 0. The number of rotatable bonds is 7. The van der Waals surface area contributed by atoms with E-state index in [2.05, 4.69) is 23.5 Å². The highest BCUT2D eigenvalue weighted by atomic mass is 32.1. The lowest BCUT2D eigenvalue weighted by atomic mass is 10.2. The number of nitrogens with zero attached hydrogens (tertiary/aromatic N) is 1. The lowest BCUT2D eigenvalue weighted by molar-refractivity contribution is 0.0697. The zero-order valence-electron chi connectivity index (χ0n) is 10.3. The van der Waals surface area contributed by atoms with Crippen molar-refractivity contribution >= 4 is 22.5 Å². The molecule has 0 atom stereocenters. The Bertz CT molecular complexity index is 377. The predicted molar refractivity (Wildman–Crippen MR) is 68.0 cm³/mol. The second-order valence-electron chi connectivity index (χ2n) is 4.17. The quantitative estimate of drug-likeness (QED) is 0.734. The Labute approximate surface area is 105 Å². The lowest BCUT2D eigenvalue weighted by Crippen LogP contribution is -2.13. The fraction of sp³-hybridized carbons (Fsp3) is 0.636. The van der Waals surface area contributed by atoms with E-state index in [0.717, 1.165) is 6.61 Å². The average molecular weight is 258 g/mol. The van der Waals surface area contributed by atoms with Gasteiger partial charge in [0.2, 0.25) is 0 Å². The van der Waals surface area contributed by atoms with Gasteiger partial charge >= 0.3 is 5.97 Å². The second-order valence-corrected chi connectivity index (χ2v) is 4.95. The van der Waals surface area contributed by atoms with Gasteiger partial charge < -0.3 is 15.2 Å². The third-order valence-corrected chi connectivity index (χ3v) is 2.96. The van der Waals surface area contributed by atoms with Gasteiger partial charge in [-0.1, -0.05) is 13.8 Å². The first-order valence-electron chi connectivity index (χ1n) is 5.53. The number of anilines is 1. The van der Waals surface area contributed by atoms with Crippen LogP contribution in [0.5, 0.6) is 0 Å². The maximum Gasteiger partial charge on any atom is 0.340 e. The van der Waals surface area contributed by atoms with Crippen LogP contribution in [0.3, 0.4) is 0 Å². The van der Waals surface area contributed by atoms with E-state index < -0.39 is 5.97 Å². The number of aromatic carboxylic acids is 1. The third-order valence-electron chi connectivity index (χ3n) is 2.06. The van der Waals surface area contributed by atoms with Crippen LogP contribution in [0.15, 0.2) is 0 Å². The molecule has 0 saturated heterocycles. The summed E-state index contributed by atoms with van der Waals surface area (Å²) in [4.78, 5) is 11.0. The van der Waals surface area contributed by atoms with Crippen LogP contribution >= 0.6 is 11.5 Å². The monoisotopic (exact) mass is 258 g/mol. The minimum Gasteiger partial charge on any atom is -0.478 e. The molecule has 0 aliphatic rings. The SMILES string of the molecule is Cc1nsc(NCCOCC(C)C)c1C(=O)O. The van der Waals surface area contributed by atoms with Crippen molar-refractivity contribution in [3.8, 4) is 0 Å². The van der Waals surface area contributed by atoms with Crippen LogP contribution in [-0.4, -0.2) is 35.2 Å². The number of carbonyl (C=O) groups is 1. The molecule has 0 spiro atoms. The van der Waals surface area contributed by atoms with Gasteiger partial charge in [0, 0.05) is 13.2 Å². The predicted octanol–water partition coefficient (Wildman–Crippen LogP) is 2.23. The van der Waals surface area contributed by atoms with Gasteiger partial charge in [0.15, 0.2) is 0 Å². The maximum atomic E-state index is 11.0. The molecule has 0 bridgehead atoms. The molecule has 0 amide bonds. The highest BCUT2D eigenvalue weighted by Crippen LogP contribution is 2.23. The Balaban J connectivity index is 2.39. The first-order chi connectivity index (χ1) is 8.02. The van der Waals surface area contributed by atoms with Gasteiger partial charge in [-0.25, -0.2) is 4.79 Å². The van der Waals surface area contributed by atoms with Gasteiger partial charge in [0.05, 0.1) is 12.3 Å². The molecule has 0 saturated carbocycles. The summed E-state index contributed by atoms with van der Waals surface area (Å²) in [5.41, 5.74) is 0.812. The first-order valence-corrected chi connectivity index (χ1v) is 6.31. The van der Waals surface area contributed by atoms with Crippen LogP contribution in [0.4, 0.5) is 5.00 Å². The highest BCUT2D eigenvalue weighted by molar-refractivity contribution is 7.10. The Hall–Kier alpha value is -1.14. The number of aryl methyl sites for hydroxylation is 1. The minimum atomic E-state index is -0.943. The summed E-state index contributed by atoms with van der Waals surface area (Å²) in [5.74, 6) is -0.433. The Morgan fingerprint density at radius 1 is 1.59 bits per heavy atom. The Kier molecular flexibility index (Phi) is 5.37. The molecule has 0 aliphatic carbocycles. The molecule has 1 heterocycles. The van der Waals surface area contributed by atoms with E-state index in [1.165, 1.54) is 11.5 Å². The molecule has 5 nitrogen and oxygen atoms in total. The molecule has 1 rings (SSSR count). The average Bonchev–Trinajstić information content (AvgIpc) is 2.59. The molecule has 0 aliphatic heterocycles. The fourth-order valence-corrected chi connectivity index (χ4v) is 2.11. The first kappa shape index (κ1) is 13.9. The van der Waals surface area contributed by atoms with Gasteiger partial charge in [-0.2, -0.15) is 4.37 Å². The van der Waals surface area contributed by atoms with Gasteiger partial charge in [0.1, 0.15) is 10.6 Å². The number of hydrogen-bond acceptors (Lipinski definition) is 5. The zero-order chi connectivity index (χ0) is 12.8. The Morgan fingerprint density at radius 2 is 2.29 bits per heavy atom. The van der Waals surface area contributed by atoms with Gasteiger partial charge in [-0.3, -0.25) is 0 Å². The van der Waals surface area contributed by atoms with Crippen molar-refractivity contribution in [1.82, 2.24) is 4.37 Å². The van der Waals surface area contributed by atoms with Gasteiger partial charge in [-0.15, -0.1) is 0 Å². The van der Waals surface area contributed by atoms with E-state index in [4.69, 9.17) is 9.84 Å². The highest BCUT2D eigenvalue weighted by Gasteiger charge is 2.16. The molecule has 0 aromatic carbocycles. The van der Waals surface area contributed by atoms with E-state index in [1.54, 1.807) is 6.92 Å². The van der Waals surface area contributed by atoms with Crippen LogP contribution in [0, 0.1) is 12.8 Å². The second kappa shape index (κ2) is 6.56. The van der Waals surface area contributed by atoms with Crippen molar-refractivity contribution in [3.05, 3.63) is 11.3 Å². The van der Waals surface area contributed by atoms with E-state index in [9.17, 15) is 4.79 Å². The molecular weight excluding hydrogens is 240 g/mol. The summed E-state index contributed by atoms with van der Waals surface area (Å²) in [6.07, 6.45) is 0. The number of carboxylic acid groups (broad SMARTS) is 1. The molecule has 17 heavy (non-hydrogen) atoms. The fourth-order valence-electron chi connectivity index (χ4n) is 1.30. The van der Waals surface area contributed by atoms with Crippen LogP contribution in [0.1, 0.15) is 29.9 Å². The number of hydrogen-bond donors (Lipinski definition) is 2. The number of nitrogens with one attached hydrogen (secondary N) is 1. The van der Waals surface area contributed by atoms with Crippen LogP contribution in [-0.2, 0) is 4.74 Å². The standard InChI is InChI=1S/C11H18N2O3S/c1-7(2)6-16-5-4-12-10-9(11(14)15)8(3)13-17-10/h7,12H,4-6H2,1-3H3,(H,14,15). The van der Waals surface area contributed by atoms with Crippen molar-refractivity contribution in [2.75, 3.05) is 25.1 Å². The largest absolute Gasteiger partial charge is 0.478 e. The molecule has 1 aromatic rings. The summed E-state index contributed by atoms with van der Waals surface area (Å²) < 4.78 is 9.42. The normalized spacial score (nSPS) is 10.8. The molecule has 96 valence electrons. The number of aromatic nitrogens is 1. The van der Waals surface area contributed by atoms with E-state index in [0.29, 0.717) is 29.8 Å². The van der Waals surface area contributed by atoms with Crippen molar-refractivity contribution in [2.24, 2.45) is 5.92 Å². The van der Waals surface area contributed by atoms with E-state index in [1.807, 2.05) is 0 Å².